The second kappa shape index (κ2) is 6.00. The van der Waals surface area contributed by atoms with Crippen LogP contribution in [0.2, 0.25) is 0 Å². The van der Waals surface area contributed by atoms with Gasteiger partial charge in [0.15, 0.2) is 0 Å². The Kier molecular flexibility index (Phi) is 5.96. The molecule has 1 aliphatic rings. The molecule has 16 heavy (non-hydrogen) atoms. The second-order valence-corrected chi connectivity index (χ2v) is 3.96. The van der Waals surface area contributed by atoms with Crippen molar-refractivity contribution in [1.82, 2.24) is 10.6 Å². The monoisotopic (exact) mass is 236 g/mol. The zero-order chi connectivity index (χ0) is 11.6. The van der Waals surface area contributed by atoms with Crippen molar-refractivity contribution in [3.8, 4) is 0 Å². The van der Waals surface area contributed by atoms with E-state index in [1.807, 2.05) is 13.8 Å². The first kappa shape index (κ1) is 15.9. The molecule has 1 aliphatic heterocycles. The summed E-state index contributed by atoms with van der Waals surface area (Å²) in [4.78, 5) is 23.6. The number of hydrogen-bond donors (Lipinski definition) is 2. The first-order valence-corrected chi connectivity index (χ1v) is 5.26. The zero-order valence-corrected chi connectivity index (χ0v) is 12.3. The van der Waals surface area contributed by atoms with Gasteiger partial charge in [0, 0.05) is 6.35 Å². The minimum Gasteiger partial charge on any atom is -0.820 e. The Labute approximate surface area is 118 Å². The van der Waals surface area contributed by atoms with Crippen molar-refractivity contribution in [1.29, 1.82) is 0 Å². The average Bonchev–Trinajstić information content (AvgIpc) is 2.17. The molecular weight excluding hydrogens is 219 g/mol. The minimum atomic E-state index is -1.51. The van der Waals surface area contributed by atoms with Gasteiger partial charge in [0.2, 0.25) is 11.8 Å². The van der Waals surface area contributed by atoms with Gasteiger partial charge in [-0.05, 0) is 12.3 Å². The first-order chi connectivity index (χ1) is 6.98. The summed E-state index contributed by atoms with van der Waals surface area (Å²) >= 11 is 0. The second-order valence-electron chi connectivity index (χ2n) is 3.96. The Morgan fingerprint density at radius 2 is 1.75 bits per heavy atom. The van der Waals surface area contributed by atoms with Crippen LogP contribution in [0.15, 0.2) is 0 Å². The quantitative estimate of drug-likeness (QED) is 0.391. The summed E-state index contributed by atoms with van der Waals surface area (Å²) in [6, 6.07) is 0. The van der Waals surface area contributed by atoms with E-state index in [-0.39, 0.29) is 35.5 Å². The van der Waals surface area contributed by atoms with Gasteiger partial charge in [-0.3, -0.25) is 9.59 Å². The summed E-state index contributed by atoms with van der Waals surface area (Å²) in [5, 5.41) is 15.5. The molecule has 1 saturated heterocycles. The number of carbonyl (C=O) groups is 2. The molecule has 0 aromatic heterocycles. The Balaban J connectivity index is 0.00000225. The summed E-state index contributed by atoms with van der Waals surface area (Å²) < 4.78 is 0. The van der Waals surface area contributed by atoms with Gasteiger partial charge in [0.25, 0.3) is 0 Å². The van der Waals surface area contributed by atoms with Crippen LogP contribution < -0.4 is 45.3 Å². The van der Waals surface area contributed by atoms with E-state index in [9.17, 15) is 14.7 Å². The van der Waals surface area contributed by atoms with Gasteiger partial charge in [0.1, 0.15) is 5.41 Å². The third kappa shape index (κ3) is 2.42. The SMILES string of the molecule is CCC(C)C1(CC)C(=O)NC([O-])NC1=O.[Na+]. The molecule has 2 amide bonds. The molecule has 2 N–H and O–H groups in total. The number of carbonyl (C=O) groups excluding carboxylic acids is 2. The van der Waals surface area contributed by atoms with Gasteiger partial charge < -0.3 is 15.7 Å². The fourth-order valence-corrected chi connectivity index (χ4v) is 2.10. The van der Waals surface area contributed by atoms with E-state index in [1.54, 1.807) is 6.92 Å². The number of amides is 2. The van der Waals surface area contributed by atoms with Gasteiger partial charge in [0.05, 0.1) is 0 Å². The smallest absolute Gasteiger partial charge is 0.820 e. The Morgan fingerprint density at radius 1 is 1.31 bits per heavy atom. The van der Waals surface area contributed by atoms with E-state index in [4.69, 9.17) is 0 Å². The molecule has 0 bridgehead atoms. The van der Waals surface area contributed by atoms with Crippen molar-refractivity contribution in [3.05, 3.63) is 0 Å². The van der Waals surface area contributed by atoms with Crippen molar-refractivity contribution in [2.45, 2.75) is 40.0 Å². The summed E-state index contributed by atoms with van der Waals surface area (Å²) in [6.45, 7) is 5.57. The molecule has 1 fully saturated rings. The molecule has 0 spiro atoms. The zero-order valence-electron chi connectivity index (χ0n) is 10.3. The standard InChI is InChI=1S/C10H17N2O3.Na/c1-4-6(3)10(5-2)7(13)11-9(15)12-8(10)14;/h6,9H,4-5H2,1-3H3,(H,11,13)(H,12,14);/q-1;+1. The van der Waals surface area contributed by atoms with E-state index < -0.39 is 23.6 Å². The third-order valence-corrected chi connectivity index (χ3v) is 3.35. The van der Waals surface area contributed by atoms with E-state index >= 15 is 0 Å². The number of nitrogens with one attached hydrogen (secondary N) is 2. The Bertz CT molecular complexity index is 265. The fraction of sp³-hybridized carbons (Fsp3) is 0.800. The van der Waals surface area contributed by atoms with E-state index in [0.29, 0.717) is 6.42 Å². The van der Waals surface area contributed by atoms with Crippen molar-refractivity contribution < 1.29 is 44.3 Å². The summed E-state index contributed by atoms with van der Waals surface area (Å²) in [7, 11) is 0. The van der Waals surface area contributed by atoms with Gasteiger partial charge in [-0.1, -0.05) is 27.2 Å². The Morgan fingerprint density at radius 3 is 2.06 bits per heavy atom. The van der Waals surface area contributed by atoms with E-state index in [2.05, 4.69) is 10.6 Å². The molecule has 0 aliphatic carbocycles. The molecule has 86 valence electrons. The maximum atomic E-state index is 11.8. The van der Waals surface area contributed by atoms with Crippen molar-refractivity contribution in [3.63, 3.8) is 0 Å². The molecule has 6 heteroatoms. The summed E-state index contributed by atoms with van der Waals surface area (Å²) in [5.74, 6) is -0.957. The molecule has 1 rings (SSSR count). The molecule has 5 nitrogen and oxygen atoms in total. The van der Waals surface area contributed by atoms with Gasteiger partial charge in [-0.2, -0.15) is 0 Å². The number of hydrogen-bond acceptors (Lipinski definition) is 3. The van der Waals surface area contributed by atoms with Crippen molar-refractivity contribution in [2.24, 2.45) is 11.3 Å². The van der Waals surface area contributed by atoms with Crippen LogP contribution in [-0.4, -0.2) is 18.2 Å². The van der Waals surface area contributed by atoms with Crippen molar-refractivity contribution in [2.75, 3.05) is 0 Å². The molecule has 0 saturated carbocycles. The maximum Gasteiger partial charge on any atom is 1.00 e. The maximum absolute atomic E-state index is 11.8. The van der Waals surface area contributed by atoms with Crippen LogP contribution in [-0.2, 0) is 9.59 Å². The topological polar surface area (TPSA) is 81.3 Å². The minimum absolute atomic E-state index is 0. The number of rotatable bonds is 3. The van der Waals surface area contributed by atoms with Crippen LogP contribution in [0.3, 0.4) is 0 Å². The molecule has 0 aromatic rings. The van der Waals surface area contributed by atoms with E-state index in [1.165, 1.54) is 0 Å². The van der Waals surface area contributed by atoms with Crippen LogP contribution in [0.4, 0.5) is 0 Å². The van der Waals surface area contributed by atoms with Crippen LogP contribution in [0, 0.1) is 11.3 Å². The van der Waals surface area contributed by atoms with Crippen LogP contribution in [0.25, 0.3) is 0 Å². The molecule has 1 unspecified atom stereocenters. The third-order valence-electron chi connectivity index (χ3n) is 3.35. The van der Waals surface area contributed by atoms with Crippen LogP contribution >= 0.6 is 0 Å². The summed E-state index contributed by atoms with van der Waals surface area (Å²) in [6.07, 6.45) is -0.376. The van der Waals surface area contributed by atoms with E-state index in [0.717, 1.165) is 6.42 Å². The Hall–Kier alpha value is -0.100. The summed E-state index contributed by atoms with van der Waals surface area (Å²) in [5.41, 5.74) is -1.07. The normalized spacial score (nSPS) is 31.1. The molecule has 1 atom stereocenters. The van der Waals surface area contributed by atoms with Gasteiger partial charge in [-0.25, -0.2) is 0 Å². The average molecular weight is 236 g/mol. The van der Waals surface area contributed by atoms with Gasteiger partial charge in [-0.15, -0.1) is 0 Å². The molecule has 0 aromatic carbocycles. The molecule has 0 radical (unpaired) electrons. The molecular formula is C10H17N2NaO3. The molecule has 1 heterocycles. The van der Waals surface area contributed by atoms with Crippen LogP contribution in [0.1, 0.15) is 33.6 Å². The fourth-order valence-electron chi connectivity index (χ4n) is 2.10. The predicted molar refractivity (Wildman–Crippen MR) is 52.3 cm³/mol. The van der Waals surface area contributed by atoms with Crippen molar-refractivity contribution >= 4 is 11.8 Å². The van der Waals surface area contributed by atoms with Crippen LogP contribution in [0.5, 0.6) is 0 Å². The predicted octanol–water partition coefficient (Wildman–Crippen LogP) is -3.68. The van der Waals surface area contributed by atoms with Gasteiger partial charge >= 0.3 is 29.6 Å². The first-order valence-electron chi connectivity index (χ1n) is 5.26. The largest absolute Gasteiger partial charge is 1.00 e.